The molecule has 96 valence electrons. The van der Waals surface area contributed by atoms with Crippen LogP contribution in [0, 0.1) is 5.41 Å². The van der Waals surface area contributed by atoms with Crippen molar-refractivity contribution in [3.8, 4) is 0 Å². The molecule has 0 unspecified atom stereocenters. The van der Waals surface area contributed by atoms with Gasteiger partial charge in [-0.15, -0.1) is 0 Å². The van der Waals surface area contributed by atoms with Gasteiger partial charge in [0.15, 0.2) is 0 Å². The first-order valence-corrected chi connectivity index (χ1v) is 6.16. The number of thioether (sulfide) groups is 1. The van der Waals surface area contributed by atoms with Crippen LogP contribution in [-0.2, 0) is 9.59 Å². The molecule has 1 fully saturated rings. The van der Waals surface area contributed by atoms with Crippen molar-refractivity contribution < 1.29 is 19.8 Å². The molecule has 0 spiro atoms. The summed E-state index contributed by atoms with van der Waals surface area (Å²) in [5.41, 5.74) is 0. The van der Waals surface area contributed by atoms with Crippen LogP contribution < -0.4 is 0 Å². The predicted octanol–water partition coefficient (Wildman–Crippen LogP) is 0.744. The van der Waals surface area contributed by atoms with Crippen LogP contribution in [0.25, 0.3) is 0 Å². The summed E-state index contributed by atoms with van der Waals surface area (Å²) in [6.45, 7) is 4.17. The van der Waals surface area contributed by atoms with Gasteiger partial charge in [-0.1, -0.05) is 0 Å². The molecule has 1 saturated heterocycles. The van der Waals surface area contributed by atoms with Crippen molar-refractivity contribution in [3.63, 3.8) is 0 Å². The maximum absolute atomic E-state index is 9.55. The van der Waals surface area contributed by atoms with E-state index < -0.39 is 11.9 Å². The summed E-state index contributed by atoms with van der Waals surface area (Å²) in [7, 11) is 0. The van der Waals surface area contributed by atoms with E-state index in [2.05, 4.69) is 11.8 Å². The molecule has 0 aromatic carbocycles. The molecule has 0 radical (unpaired) electrons. The summed E-state index contributed by atoms with van der Waals surface area (Å²) >= 11 is 1.86. The maximum atomic E-state index is 9.55. The van der Waals surface area contributed by atoms with Gasteiger partial charge in [0.05, 0.1) is 5.75 Å². The van der Waals surface area contributed by atoms with E-state index in [-0.39, 0.29) is 0 Å². The second-order valence-electron chi connectivity index (χ2n) is 3.09. The molecular weight excluding hydrogens is 244 g/mol. The molecule has 0 aromatic heterocycles. The van der Waals surface area contributed by atoms with E-state index in [4.69, 9.17) is 15.6 Å². The van der Waals surface area contributed by atoms with Gasteiger partial charge < -0.3 is 15.1 Å². The van der Waals surface area contributed by atoms with E-state index in [1.54, 1.807) is 0 Å². The highest BCUT2D eigenvalue weighted by molar-refractivity contribution is 8.00. The van der Waals surface area contributed by atoms with Gasteiger partial charge in [-0.3, -0.25) is 5.41 Å². The van der Waals surface area contributed by atoms with Gasteiger partial charge in [-0.2, -0.15) is 11.8 Å². The number of carboxylic acid groups (broad SMARTS) is 2. The molecule has 1 aliphatic heterocycles. The number of hydrogen-bond acceptors (Lipinski definition) is 4. The Kier molecular flexibility index (Phi) is 7.87. The van der Waals surface area contributed by atoms with Crippen molar-refractivity contribution in [3.05, 3.63) is 12.2 Å². The molecule has 0 aromatic rings. The average Bonchev–Trinajstić information content (AvgIpc) is 2.28. The monoisotopic (exact) mass is 260 g/mol. The van der Waals surface area contributed by atoms with E-state index in [1.165, 1.54) is 5.75 Å². The normalized spacial score (nSPS) is 15.4. The van der Waals surface area contributed by atoms with E-state index in [0.717, 1.165) is 24.7 Å². The number of aliphatic carboxylic acids is 2. The van der Waals surface area contributed by atoms with Gasteiger partial charge in [0.1, 0.15) is 5.84 Å². The largest absolute Gasteiger partial charge is 0.478 e. The van der Waals surface area contributed by atoms with Gasteiger partial charge in [0, 0.05) is 31.0 Å². The predicted molar refractivity (Wildman–Crippen MR) is 66.7 cm³/mol. The van der Waals surface area contributed by atoms with Gasteiger partial charge in [-0.05, 0) is 6.92 Å². The highest BCUT2D eigenvalue weighted by Gasteiger charge is 2.11. The SMILES string of the molecule is CCN1CCSCC1=N.O=C(O)/C=C/C(=O)O. The quantitative estimate of drug-likeness (QED) is 0.647. The lowest BCUT2D eigenvalue weighted by Crippen LogP contribution is -2.37. The molecular formula is C10H16N2O4S. The molecule has 0 bridgehead atoms. The van der Waals surface area contributed by atoms with Gasteiger partial charge in [0.25, 0.3) is 0 Å². The Morgan fingerprint density at radius 2 is 1.94 bits per heavy atom. The lowest BCUT2D eigenvalue weighted by Gasteiger charge is -2.27. The van der Waals surface area contributed by atoms with E-state index in [1.807, 2.05) is 11.8 Å². The summed E-state index contributed by atoms with van der Waals surface area (Å²) < 4.78 is 0. The first-order chi connectivity index (χ1) is 7.97. The summed E-state index contributed by atoms with van der Waals surface area (Å²) in [6.07, 6.45) is 1.12. The number of carboxylic acids is 2. The Balaban J connectivity index is 0.000000304. The van der Waals surface area contributed by atoms with Crippen molar-refractivity contribution in [2.45, 2.75) is 6.92 Å². The average molecular weight is 260 g/mol. The molecule has 0 atom stereocenters. The second-order valence-corrected chi connectivity index (χ2v) is 4.19. The molecule has 0 saturated carbocycles. The highest BCUT2D eigenvalue weighted by Crippen LogP contribution is 2.09. The number of carbonyl (C=O) groups is 2. The Labute approximate surface area is 104 Å². The minimum atomic E-state index is -1.26. The molecule has 0 aliphatic carbocycles. The second kappa shape index (κ2) is 8.63. The number of nitrogens with one attached hydrogen (secondary N) is 1. The minimum Gasteiger partial charge on any atom is -0.478 e. The molecule has 1 heterocycles. The Bertz CT molecular complexity index is 301. The van der Waals surface area contributed by atoms with Crippen molar-refractivity contribution in [2.75, 3.05) is 24.6 Å². The summed E-state index contributed by atoms with van der Waals surface area (Å²) in [4.78, 5) is 21.2. The number of hydrogen-bond donors (Lipinski definition) is 3. The molecule has 17 heavy (non-hydrogen) atoms. The van der Waals surface area contributed by atoms with E-state index in [0.29, 0.717) is 12.2 Å². The summed E-state index contributed by atoms with van der Waals surface area (Å²) in [5.74, 6) is 0.387. The Hall–Kier alpha value is -1.50. The third-order valence-corrected chi connectivity index (χ3v) is 2.83. The van der Waals surface area contributed by atoms with Gasteiger partial charge in [-0.25, -0.2) is 9.59 Å². The van der Waals surface area contributed by atoms with Gasteiger partial charge in [0.2, 0.25) is 0 Å². The molecule has 6 nitrogen and oxygen atoms in total. The molecule has 7 heteroatoms. The Morgan fingerprint density at radius 1 is 1.41 bits per heavy atom. The fraction of sp³-hybridized carbons (Fsp3) is 0.500. The lowest BCUT2D eigenvalue weighted by molar-refractivity contribution is -0.134. The van der Waals surface area contributed by atoms with Crippen LogP contribution in [0.2, 0.25) is 0 Å². The Morgan fingerprint density at radius 3 is 2.24 bits per heavy atom. The molecule has 1 aliphatic rings. The first-order valence-electron chi connectivity index (χ1n) is 5.01. The van der Waals surface area contributed by atoms with Crippen LogP contribution in [0.15, 0.2) is 12.2 Å². The zero-order chi connectivity index (χ0) is 13.3. The van der Waals surface area contributed by atoms with E-state index in [9.17, 15) is 9.59 Å². The fourth-order valence-electron chi connectivity index (χ4n) is 1.06. The van der Waals surface area contributed by atoms with Crippen molar-refractivity contribution in [2.24, 2.45) is 0 Å². The topological polar surface area (TPSA) is 102 Å². The van der Waals surface area contributed by atoms with Crippen LogP contribution in [0.4, 0.5) is 0 Å². The smallest absolute Gasteiger partial charge is 0.328 e. The van der Waals surface area contributed by atoms with Crippen molar-refractivity contribution in [1.29, 1.82) is 5.41 Å². The minimum absolute atomic E-state index is 0.558. The number of nitrogens with zero attached hydrogens (tertiary/aromatic N) is 1. The molecule has 0 amide bonds. The van der Waals surface area contributed by atoms with E-state index >= 15 is 0 Å². The first kappa shape index (κ1) is 15.5. The lowest BCUT2D eigenvalue weighted by atomic mass is 10.4. The van der Waals surface area contributed by atoms with Crippen molar-refractivity contribution >= 4 is 29.5 Å². The third kappa shape index (κ3) is 8.32. The van der Waals surface area contributed by atoms with Crippen LogP contribution >= 0.6 is 11.8 Å². The van der Waals surface area contributed by atoms with Crippen LogP contribution in [0.1, 0.15) is 6.92 Å². The van der Waals surface area contributed by atoms with Crippen molar-refractivity contribution in [1.82, 2.24) is 4.90 Å². The summed E-state index contributed by atoms with van der Waals surface area (Å²) in [5, 5.41) is 23.1. The maximum Gasteiger partial charge on any atom is 0.328 e. The number of amidine groups is 1. The zero-order valence-corrected chi connectivity index (χ0v) is 10.4. The van der Waals surface area contributed by atoms with Crippen LogP contribution in [-0.4, -0.2) is 57.5 Å². The summed E-state index contributed by atoms with van der Waals surface area (Å²) in [6, 6.07) is 0. The van der Waals surface area contributed by atoms with Crippen LogP contribution in [0.5, 0.6) is 0 Å². The standard InChI is InChI=1S/C6H12N2S.C4H4O4/c1-2-8-3-4-9-5-6(8)7;5-3(6)1-2-4(7)8/h7H,2-5H2,1H3;1-2H,(H,5,6)(H,7,8)/b;2-1+. The fourth-order valence-corrected chi connectivity index (χ4v) is 1.93. The number of rotatable bonds is 3. The van der Waals surface area contributed by atoms with Crippen LogP contribution in [0.3, 0.4) is 0 Å². The van der Waals surface area contributed by atoms with Gasteiger partial charge >= 0.3 is 11.9 Å². The zero-order valence-electron chi connectivity index (χ0n) is 9.55. The highest BCUT2D eigenvalue weighted by atomic mass is 32.2. The third-order valence-electron chi connectivity index (χ3n) is 1.88. The molecule has 3 N–H and O–H groups in total. The molecule has 1 rings (SSSR count).